The molecule has 0 aliphatic heterocycles. The summed E-state index contributed by atoms with van der Waals surface area (Å²) >= 11 is 0. The molecule has 0 saturated heterocycles. The van der Waals surface area contributed by atoms with Gasteiger partial charge in [0.15, 0.2) is 11.6 Å². The average molecular weight is 389 g/mol. The van der Waals surface area contributed by atoms with Gasteiger partial charge in [0, 0.05) is 12.5 Å². The lowest BCUT2D eigenvalue weighted by Crippen LogP contribution is -2.26. The van der Waals surface area contributed by atoms with E-state index in [1.807, 2.05) is 24.3 Å². The molecule has 3 aromatic carbocycles. The zero-order chi connectivity index (χ0) is 20.2. The van der Waals surface area contributed by atoms with Crippen molar-refractivity contribution in [1.82, 2.24) is 5.32 Å². The predicted molar refractivity (Wildman–Crippen MR) is 110 cm³/mol. The molecule has 0 fully saturated rings. The molecule has 0 aromatic heterocycles. The lowest BCUT2D eigenvalue weighted by atomic mass is 9.98. The van der Waals surface area contributed by atoms with Gasteiger partial charge in [-0.3, -0.25) is 0 Å². The van der Waals surface area contributed by atoms with Crippen molar-refractivity contribution < 1.29 is 19.0 Å². The highest BCUT2D eigenvalue weighted by Crippen LogP contribution is 2.44. The SMILES string of the molecule is O=C(NCC=Cc1ccc(F)c(O)c1)OCC1c2ccccc2-c2ccccc21. The molecule has 4 nitrogen and oxygen atoms in total. The molecule has 5 heteroatoms. The summed E-state index contributed by atoms with van der Waals surface area (Å²) in [5.74, 6) is -1.05. The number of nitrogens with one attached hydrogen (secondary N) is 1. The number of carbonyl (C=O) groups excluding carboxylic acids is 1. The second-order valence-corrected chi connectivity index (χ2v) is 6.82. The summed E-state index contributed by atoms with van der Waals surface area (Å²) < 4.78 is 18.5. The quantitative estimate of drug-likeness (QED) is 0.640. The zero-order valence-electron chi connectivity index (χ0n) is 15.6. The predicted octanol–water partition coefficient (Wildman–Crippen LogP) is 5.08. The maximum Gasteiger partial charge on any atom is 0.407 e. The number of hydrogen-bond acceptors (Lipinski definition) is 3. The van der Waals surface area contributed by atoms with Crippen LogP contribution in [0.5, 0.6) is 5.75 Å². The molecule has 4 rings (SSSR count). The first-order valence-corrected chi connectivity index (χ1v) is 9.37. The van der Waals surface area contributed by atoms with E-state index in [-0.39, 0.29) is 19.1 Å². The molecule has 1 amide bonds. The third-order valence-corrected chi connectivity index (χ3v) is 4.99. The van der Waals surface area contributed by atoms with Gasteiger partial charge in [-0.2, -0.15) is 0 Å². The Bertz CT molecular complexity index is 1030. The molecular weight excluding hydrogens is 369 g/mol. The Morgan fingerprint density at radius 3 is 2.34 bits per heavy atom. The number of phenolic OH excluding ortho intramolecular Hbond substituents is 1. The van der Waals surface area contributed by atoms with Crippen LogP contribution in [-0.4, -0.2) is 24.4 Å². The van der Waals surface area contributed by atoms with Gasteiger partial charge in [0.1, 0.15) is 6.61 Å². The van der Waals surface area contributed by atoms with Crippen LogP contribution in [0.1, 0.15) is 22.6 Å². The smallest absolute Gasteiger partial charge is 0.407 e. The van der Waals surface area contributed by atoms with Crippen LogP contribution in [0.4, 0.5) is 9.18 Å². The van der Waals surface area contributed by atoms with Crippen LogP contribution in [0.3, 0.4) is 0 Å². The molecule has 146 valence electrons. The second kappa shape index (κ2) is 8.19. The first-order chi connectivity index (χ1) is 14.1. The van der Waals surface area contributed by atoms with Crippen molar-refractivity contribution in [2.45, 2.75) is 5.92 Å². The van der Waals surface area contributed by atoms with Crippen LogP contribution < -0.4 is 5.32 Å². The van der Waals surface area contributed by atoms with Crippen LogP contribution >= 0.6 is 0 Å². The van der Waals surface area contributed by atoms with Crippen molar-refractivity contribution in [2.24, 2.45) is 0 Å². The van der Waals surface area contributed by atoms with E-state index in [1.165, 1.54) is 23.3 Å². The van der Waals surface area contributed by atoms with Gasteiger partial charge in [-0.1, -0.05) is 66.7 Å². The van der Waals surface area contributed by atoms with E-state index in [2.05, 4.69) is 29.6 Å². The van der Waals surface area contributed by atoms with E-state index < -0.39 is 17.7 Å². The molecule has 3 aromatic rings. The number of fused-ring (bicyclic) bond motifs is 3. The Balaban J connectivity index is 1.33. The van der Waals surface area contributed by atoms with Crippen LogP contribution in [-0.2, 0) is 4.74 Å². The number of amides is 1. The maximum absolute atomic E-state index is 13.0. The molecule has 29 heavy (non-hydrogen) atoms. The number of aromatic hydroxyl groups is 1. The molecule has 0 radical (unpaired) electrons. The monoisotopic (exact) mass is 389 g/mol. The van der Waals surface area contributed by atoms with Gasteiger partial charge in [-0.25, -0.2) is 9.18 Å². The van der Waals surface area contributed by atoms with Gasteiger partial charge in [0.05, 0.1) is 0 Å². The van der Waals surface area contributed by atoms with Gasteiger partial charge in [0.25, 0.3) is 0 Å². The van der Waals surface area contributed by atoms with Gasteiger partial charge in [-0.15, -0.1) is 0 Å². The summed E-state index contributed by atoms with van der Waals surface area (Å²) in [5, 5.41) is 12.0. The Morgan fingerprint density at radius 2 is 1.69 bits per heavy atom. The van der Waals surface area contributed by atoms with E-state index in [0.29, 0.717) is 5.56 Å². The number of carbonyl (C=O) groups is 1. The third kappa shape index (κ3) is 3.99. The number of halogens is 1. The van der Waals surface area contributed by atoms with Crippen molar-refractivity contribution in [1.29, 1.82) is 0 Å². The first kappa shape index (κ1) is 18.7. The molecule has 2 N–H and O–H groups in total. The van der Waals surface area contributed by atoms with Crippen LogP contribution in [0, 0.1) is 5.82 Å². The highest BCUT2D eigenvalue weighted by Gasteiger charge is 2.28. The fourth-order valence-electron chi connectivity index (χ4n) is 3.62. The van der Waals surface area contributed by atoms with E-state index in [9.17, 15) is 14.3 Å². The Hall–Kier alpha value is -3.60. The van der Waals surface area contributed by atoms with Crippen LogP contribution in [0.2, 0.25) is 0 Å². The average Bonchev–Trinajstić information content (AvgIpc) is 3.06. The molecule has 0 atom stereocenters. The van der Waals surface area contributed by atoms with Crippen molar-refractivity contribution >= 4 is 12.2 Å². The molecule has 0 spiro atoms. The topological polar surface area (TPSA) is 58.6 Å². The number of phenols is 1. The van der Waals surface area contributed by atoms with E-state index in [4.69, 9.17) is 4.74 Å². The molecule has 0 heterocycles. The largest absolute Gasteiger partial charge is 0.505 e. The second-order valence-electron chi connectivity index (χ2n) is 6.82. The summed E-state index contributed by atoms with van der Waals surface area (Å²) in [6.07, 6.45) is 2.88. The molecule has 0 bridgehead atoms. The van der Waals surface area contributed by atoms with Crippen molar-refractivity contribution in [3.8, 4) is 16.9 Å². The van der Waals surface area contributed by atoms with Gasteiger partial charge in [-0.05, 0) is 39.9 Å². The standard InChI is InChI=1S/C24H20FNO3/c25-22-12-11-16(14-23(22)27)6-5-13-26-24(28)29-15-21-19-9-3-1-7-17(19)18-8-2-4-10-20(18)21/h1-12,14,21,27H,13,15H2,(H,26,28). The lowest BCUT2D eigenvalue weighted by molar-refractivity contribution is 0.144. The Kier molecular flexibility index (Phi) is 5.29. The molecule has 0 saturated carbocycles. The molecule has 1 aliphatic rings. The van der Waals surface area contributed by atoms with Crippen molar-refractivity contribution in [3.63, 3.8) is 0 Å². The van der Waals surface area contributed by atoms with Gasteiger partial charge in [0.2, 0.25) is 0 Å². The number of hydrogen-bond donors (Lipinski definition) is 2. The van der Waals surface area contributed by atoms with E-state index >= 15 is 0 Å². The first-order valence-electron chi connectivity index (χ1n) is 9.37. The summed E-state index contributed by atoms with van der Waals surface area (Å²) in [7, 11) is 0. The van der Waals surface area contributed by atoms with Crippen LogP contribution in [0.15, 0.2) is 72.8 Å². The minimum atomic E-state index is -0.668. The van der Waals surface area contributed by atoms with E-state index in [1.54, 1.807) is 18.2 Å². The van der Waals surface area contributed by atoms with Crippen molar-refractivity contribution in [2.75, 3.05) is 13.2 Å². The zero-order valence-corrected chi connectivity index (χ0v) is 15.6. The number of ether oxygens (including phenoxy) is 1. The Morgan fingerprint density at radius 1 is 1.03 bits per heavy atom. The summed E-state index contributed by atoms with van der Waals surface area (Å²) in [6, 6.07) is 20.4. The fraction of sp³-hybridized carbons (Fsp3) is 0.125. The highest BCUT2D eigenvalue weighted by atomic mass is 19.1. The number of rotatable bonds is 5. The highest BCUT2D eigenvalue weighted by molar-refractivity contribution is 5.79. The summed E-state index contributed by atoms with van der Waals surface area (Å²) in [4.78, 5) is 12.1. The lowest BCUT2D eigenvalue weighted by Gasteiger charge is -2.14. The van der Waals surface area contributed by atoms with Gasteiger partial charge >= 0.3 is 6.09 Å². The maximum atomic E-state index is 13.0. The van der Waals surface area contributed by atoms with E-state index in [0.717, 1.165) is 11.1 Å². The molecular formula is C24H20FNO3. The van der Waals surface area contributed by atoms with Gasteiger partial charge < -0.3 is 15.2 Å². The summed E-state index contributed by atoms with van der Waals surface area (Å²) in [6.45, 7) is 0.518. The third-order valence-electron chi connectivity index (χ3n) is 4.99. The number of alkyl carbamates (subject to hydrolysis) is 1. The molecule has 1 aliphatic carbocycles. The minimum Gasteiger partial charge on any atom is -0.505 e. The normalized spacial score (nSPS) is 12.6. The minimum absolute atomic E-state index is 0.0193. The Labute approximate surface area is 168 Å². The number of benzene rings is 3. The fourth-order valence-corrected chi connectivity index (χ4v) is 3.62. The summed E-state index contributed by atoms with van der Waals surface area (Å²) in [5.41, 5.74) is 5.33. The molecule has 0 unspecified atom stereocenters. The van der Waals surface area contributed by atoms with Crippen LogP contribution in [0.25, 0.3) is 17.2 Å². The van der Waals surface area contributed by atoms with Crippen molar-refractivity contribution in [3.05, 3.63) is 95.3 Å².